The molecule has 1 N–H and O–H groups in total. The highest BCUT2D eigenvalue weighted by Gasteiger charge is 2.25. The van der Waals surface area contributed by atoms with Gasteiger partial charge in [-0.15, -0.1) is 0 Å². The lowest BCUT2D eigenvalue weighted by Crippen LogP contribution is -2.51. The van der Waals surface area contributed by atoms with Gasteiger partial charge >= 0.3 is 0 Å². The molecule has 0 unspecified atom stereocenters. The SMILES string of the molecule is Cn1cnc2cc(CC(=O)N3CCN(C(=O)c4ccc[nH]4)CC3)ccc21. The van der Waals surface area contributed by atoms with Crippen LogP contribution in [0.3, 0.4) is 0 Å². The molecule has 1 aliphatic heterocycles. The molecule has 0 spiro atoms. The molecule has 4 rings (SSSR count). The van der Waals surface area contributed by atoms with Crippen LogP contribution >= 0.6 is 0 Å². The summed E-state index contributed by atoms with van der Waals surface area (Å²) in [7, 11) is 1.95. The van der Waals surface area contributed by atoms with Crippen molar-refractivity contribution in [3.8, 4) is 0 Å². The second-order valence-electron chi connectivity index (χ2n) is 6.61. The largest absolute Gasteiger partial charge is 0.357 e. The zero-order valence-electron chi connectivity index (χ0n) is 14.7. The first kappa shape index (κ1) is 16.4. The predicted octanol–water partition coefficient (Wildman–Crippen LogP) is 1.43. The molecule has 2 amide bonds. The molecule has 0 atom stereocenters. The highest BCUT2D eigenvalue weighted by molar-refractivity contribution is 5.92. The summed E-state index contributed by atoms with van der Waals surface area (Å²) in [4.78, 5) is 35.8. The number of aromatic nitrogens is 3. The Morgan fingerprint density at radius 3 is 2.62 bits per heavy atom. The van der Waals surface area contributed by atoms with E-state index >= 15 is 0 Å². The zero-order chi connectivity index (χ0) is 18.1. The molecule has 1 saturated heterocycles. The molecule has 1 aromatic carbocycles. The maximum absolute atomic E-state index is 12.6. The fraction of sp³-hybridized carbons (Fsp3) is 0.316. The second-order valence-corrected chi connectivity index (χ2v) is 6.61. The van der Waals surface area contributed by atoms with Gasteiger partial charge in [-0.05, 0) is 29.8 Å². The van der Waals surface area contributed by atoms with Gasteiger partial charge in [-0.3, -0.25) is 9.59 Å². The van der Waals surface area contributed by atoms with Crippen molar-refractivity contribution in [3.63, 3.8) is 0 Å². The van der Waals surface area contributed by atoms with Gasteiger partial charge in [0, 0.05) is 39.4 Å². The van der Waals surface area contributed by atoms with E-state index in [1.165, 1.54) is 0 Å². The van der Waals surface area contributed by atoms with Crippen molar-refractivity contribution in [1.82, 2.24) is 24.3 Å². The van der Waals surface area contributed by atoms with Crippen LogP contribution in [0.2, 0.25) is 0 Å². The first-order chi connectivity index (χ1) is 12.6. The average molecular weight is 351 g/mol. The number of amides is 2. The van der Waals surface area contributed by atoms with Crippen LogP contribution in [0.5, 0.6) is 0 Å². The number of H-pyrrole nitrogens is 1. The Morgan fingerprint density at radius 1 is 1.12 bits per heavy atom. The van der Waals surface area contributed by atoms with Crippen LogP contribution in [-0.2, 0) is 18.3 Å². The minimum absolute atomic E-state index is 0.0114. The topological polar surface area (TPSA) is 74.2 Å². The van der Waals surface area contributed by atoms with Gasteiger partial charge in [-0.2, -0.15) is 0 Å². The van der Waals surface area contributed by atoms with E-state index in [2.05, 4.69) is 9.97 Å². The summed E-state index contributed by atoms with van der Waals surface area (Å²) < 4.78 is 1.96. The minimum atomic E-state index is -0.0114. The molecule has 26 heavy (non-hydrogen) atoms. The molecule has 7 heteroatoms. The Hall–Kier alpha value is -3.09. The molecular weight excluding hydrogens is 330 g/mol. The van der Waals surface area contributed by atoms with Gasteiger partial charge in [0.25, 0.3) is 5.91 Å². The third-order valence-electron chi connectivity index (χ3n) is 4.89. The molecule has 0 aliphatic carbocycles. The summed E-state index contributed by atoms with van der Waals surface area (Å²) in [5, 5.41) is 0. The summed E-state index contributed by atoms with van der Waals surface area (Å²) in [6.07, 6.45) is 3.87. The lowest BCUT2D eigenvalue weighted by atomic mass is 10.1. The van der Waals surface area contributed by atoms with Crippen molar-refractivity contribution in [3.05, 3.63) is 54.1 Å². The number of nitrogens with zero attached hydrogens (tertiary/aromatic N) is 4. The quantitative estimate of drug-likeness (QED) is 0.776. The summed E-state index contributed by atoms with van der Waals surface area (Å²) in [6, 6.07) is 9.53. The van der Waals surface area contributed by atoms with Crippen LogP contribution in [0.25, 0.3) is 11.0 Å². The molecule has 7 nitrogen and oxygen atoms in total. The number of nitrogens with one attached hydrogen (secondary N) is 1. The van der Waals surface area contributed by atoms with E-state index in [1.54, 1.807) is 23.5 Å². The fourth-order valence-corrected chi connectivity index (χ4v) is 3.37. The average Bonchev–Trinajstić information content (AvgIpc) is 3.32. The van der Waals surface area contributed by atoms with Crippen molar-refractivity contribution in [2.75, 3.05) is 26.2 Å². The zero-order valence-corrected chi connectivity index (χ0v) is 14.7. The van der Waals surface area contributed by atoms with E-state index in [0.717, 1.165) is 16.6 Å². The Morgan fingerprint density at radius 2 is 1.88 bits per heavy atom. The second kappa shape index (κ2) is 6.67. The Balaban J connectivity index is 1.36. The summed E-state index contributed by atoms with van der Waals surface area (Å²) in [5.74, 6) is 0.0787. The number of aromatic amines is 1. The summed E-state index contributed by atoms with van der Waals surface area (Å²) >= 11 is 0. The van der Waals surface area contributed by atoms with Crippen molar-refractivity contribution in [2.24, 2.45) is 7.05 Å². The number of carbonyl (C=O) groups excluding carboxylic acids is 2. The molecular formula is C19H21N5O2. The van der Waals surface area contributed by atoms with Gasteiger partial charge in [0.05, 0.1) is 23.8 Å². The van der Waals surface area contributed by atoms with Crippen LogP contribution in [-0.4, -0.2) is 62.3 Å². The Bertz CT molecular complexity index is 936. The van der Waals surface area contributed by atoms with Gasteiger partial charge in [0.1, 0.15) is 5.69 Å². The van der Waals surface area contributed by atoms with Gasteiger partial charge in [0.2, 0.25) is 5.91 Å². The van der Waals surface area contributed by atoms with Crippen LogP contribution in [0.4, 0.5) is 0 Å². The maximum atomic E-state index is 12.6. The van der Waals surface area contributed by atoms with Gasteiger partial charge < -0.3 is 19.4 Å². The first-order valence-electron chi connectivity index (χ1n) is 8.72. The van der Waals surface area contributed by atoms with Crippen LogP contribution in [0, 0.1) is 0 Å². The number of aryl methyl sites for hydroxylation is 1. The molecule has 0 saturated carbocycles. The number of carbonyl (C=O) groups is 2. The number of hydrogen-bond acceptors (Lipinski definition) is 3. The van der Waals surface area contributed by atoms with E-state index < -0.39 is 0 Å². The number of fused-ring (bicyclic) bond motifs is 1. The number of imidazole rings is 1. The monoisotopic (exact) mass is 351 g/mol. The maximum Gasteiger partial charge on any atom is 0.270 e. The molecule has 134 valence electrons. The molecule has 0 bridgehead atoms. The lowest BCUT2D eigenvalue weighted by molar-refractivity contribution is -0.131. The van der Waals surface area contributed by atoms with E-state index in [1.807, 2.05) is 40.8 Å². The number of benzene rings is 1. The molecule has 1 aliphatic rings. The standard InChI is InChI=1S/C19H21N5O2/c1-22-13-21-16-11-14(4-5-17(16)22)12-18(25)23-7-9-24(10-8-23)19(26)15-3-2-6-20-15/h2-6,11,13,20H,7-10,12H2,1H3. The van der Waals surface area contributed by atoms with E-state index in [-0.39, 0.29) is 11.8 Å². The Labute approximate surface area is 151 Å². The molecule has 3 heterocycles. The van der Waals surface area contributed by atoms with E-state index in [4.69, 9.17) is 0 Å². The van der Waals surface area contributed by atoms with E-state index in [0.29, 0.717) is 38.3 Å². The molecule has 0 radical (unpaired) electrons. The number of hydrogen-bond donors (Lipinski definition) is 1. The highest BCUT2D eigenvalue weighted by Crippen LogP contribution is 2.15. The van der Waals surface area contributed by atoms with Crippen LogP contribution in [0.1, 0.15) is 16.1 Å². The first-order valence-corrected chi connectivity index (χ1v) is 8.72. The van der Waals surface area contributed by atoms with Gasteiger partial charge in [-0.1, -0.05) is 6.07 Å². The van der Waals surface area contributed by atoms with Crippen molar-refractivity contribution in [2.45, 2.75) is 6.42 Å². The predicted molar refractivity (Wildman–Crippen MR) is 97.7 cm³/mol. The molecule has 2 aromatic heterocycles. The molecule has 1 fully saturated rings. The minimum Gasteiger partial charge on any atom is -0.357 e. The number of rotatable bonds is 3. The summed E-state index contributed by atoms with van der Waals surface area (Å²) in [6.45, 7) is 2.25. The van der Waals surface area contributed by atoms with Crippen molar-refractivity contribution >= 4 is 22.8 Å². The Kier molecular flexibility index (Phi) is 4.20. The van der Waals surface area contributed by atoms with Crippen LogP contribution in [0.15, 0.2) is 42.9 Å². The van der Waals surface area contributed by atoms with Crippen molar-refractivity contribution in [1.29, 1.82) is 0 Å². The smallest absolute Gasteiger partial charge is 0.270 e. The van der Waals surface area contributed by atoms with Gasteiger partial charge in [0.15, 0.2) is 0 Å². The molecule has 3 aromatic rings. The lowest BCUT2D eigenvalue weighted by Gasteiger charge is -2.34. The highest BCUT2D eigenvalue weighted by atomic mass is 16.2. The van der Waals surface area contributed by atoms with Crippen molar-refractivity contribution < 1.29 is 9.59 Å². The third-order valence-corrected chi connectivity index (χ3v) is 4.89. The fourth-order valence-electron chi connectivity index (χ4n) is 3.37. The van der Waals surface area contributed by atoms with Gasteiger partial charge in [-0.25, -0.2) is 4.98 Å². The van der Waals surface area contributed by atoms with Crippen LogP contribution < -0.4 is 0 Å². The normalized spacial score (nSPS) is 14.8. The van der Waals surface area contributed by atoms with E-state index in [9.17, 15) is 9.59 Å². The third kappa shape index (κ3) is 3.08. The summed E-state index contributed by atoms with van der Waals surface area (Å²) in [5.41, 5.74) is 3.51. The number of piperazine rings is 1.